The highest BCUT2D eigenvalue weighted by Crippen LogP contribution is 2.27. The van der Waals surface area contributed by atoms with Crippen molar-refractivity contribution in [2.45, 2.75) is 18.7 Å². The Balaban J connectivity index is 3.02. The minimum atomic E-state index is -2.69. The molecule has 1 atom stereocenters. The zero-order chi connectivity index (χ0) is 13.1. The molecule has 0 bridgehead atoms. The van der Waals surface area contributed by atoms with E-state index in [1.807, 2.05) is 6.07 Å². The van der Waals surface area contributed by atoms with Gasteiger partial charge in [-0.2, -0.15) is 0 Å². The molecular weight excluding hydrogens is 236 g/mol. The van der Waals surface area contributed by atoms with Gasteiger partial charge in [-0.15, -0.1) is 0 Å². The summed E-state index contributed by atoms with van der Waals surface area (Å²) in [5.74, 6) is 1.16. The fourth-order valence-electron chi connectivity index (χ4n) is 1.37. The van der Waals surface area contributed by atoms with Gasteiger partial charge in [0.15, 0.2) is 0 Å². The molecule has 0 aromatic heterocycles. The van der Waals surface area contributed by atoms with Crippen LogP contribution in [0.1, 0.15) is 13.8 Å². The van der Waals surface area contributed by atoms with E-state index < -0.39 is 9.73 Å². The predicted molar refractivity (Wildman–Crippen MR) is 71.4 cm³/mol. The summed E-state index contributed by atoms with van der Waals surface area (Å²) < 4.78 is 24.4. The number of nitrogens with one attached hydrogen (secondary N) is 2. The van der Waals surface area contributed by atoms with E-state index in [-0.39, 0.29) is 0 Å². The zero-order valence-electron chi connectivity index (χ0n) is 10.7. The van der Waals surface area contributed by atoms with E-state index in [4.69, 9.17) is 9.52 Å². The van der Waals surface area contributed by atoms with Gasteiger partial charge in [0, 0.05) is 12.8 Å². The second-order valence-electron chi connectivity index (χ2n) is 4.48. The number of ether oxygens (including phenoxy) is 1. The van der Waals surface area contributed by atoms with E-state index in [1.165, 1.54) is 6.26 Å². The minimum absolute atomic E-state index is 0.490. The molecule has 0 aliphatic rings. The molecule has 0 saturated heterocycles. The quantitative estimate of drug-likeness (QED) is 0.851. The van der Waals surface area contributed by atoms with Crippen molar-refractivity contribution in [2.24, 2.45) is 5.92 Å². The molecule has 0 aliphatic heterocycles. The van der Waals surface area contributed by atoms with Gasteiger partial charge in [0.05, 0.1) is 27.4 Å². The smallest absolute Gasteiger partial charge is 0.143 e. The van der Waals surface area contributed by atoms with Crippen molar-refractivity contribution < 1.29 is 8.95 Å². The van der Waals surface area contributed by atoms with E-state index >= 15 is 0 Å². The number of anilines is 1. The Hall–Kier alpha value is -1.23. The Labute approximate surface area is 103 Å². The Morgan fingerprint density at radius 3 is 2.59 bits per heavy atom. The monoisotopic (exact) mass is 256 g/mol. The van der Waals surface area contributed by atoms with E-state index in [1.54, 1.807) is 19.2 Å². The maximum atomic E-state index is 11.6. The molecule has 0 amide bonds. The molecule has 0 saturated carbocycles. The van der Waals surface area contributed by atoms with Crippen molar-refractivity contribution in [3.63, 3.8) is 0 Å². The Morgan fingerprint density at radius 1 is 1.47 bits per heavy atom. The van der Waals surface area contributed by atoms with E-state index in [0.29, 0.717) is 16.6 Å². The lowest BCUT2D eigenvalue weighted by molar-refractivity contribution is 0.415. The number of benzene rings is 1. The van der Waals surface area contributed by atoms with Gasteiger partial charge in [-0.05, 0) is 24.1 Å². The van der Waals surface area contributed by atoms with E-state index in [0.717, 1.165) is 12.2 Å². The van der Waals surface area contributed by atoms with Crippen LogP contribution in [-0.2, 0) is 9.73 Å². The van der Waals surface area contributed by atoms with Crippen LogP contribution in [0.5, 0.6) is 5.75 Å². The van der Waals surface area contributed by atoms with Crippen molar-refractivity contribution in [2.75, 3.05) is 25.2 Å². The summed E-state index contributed by atoms with van der Waals surface area (Å²) in [4.78, 5) is 0.490. The molecule has 1 aromatic rings. The first-order valence-corrected chi connectivity index (χ1v) is 7.47. The number of methoxy groups -OCH3 is 1. The van der Waals surface area contributed by atoms with Gasteiger partial charge in [0.25, 0.3) is 0 Å². The first kappa shape index (κ1) is 13.8. The van der Waals surface area contributed by atoms with Crippen LogP contribution >= 0.6 is 0 Å². The van der Waals surface area contributed by atoms with Crippen LogP contribution in [0.2, 0.25) is 0 Å². The summed E-state index contributed by atoms with van der Waals surface area (Å²) in [7, 11) is -1.12. The van der Waals surface area contributed by atoms with E-state index in [9.17, 15) is 4.21 Å². The lowest BCUT2D eigenvalue weighted by Gasteiger charge is -2.14. The average Bonchev–Trinajstić information content (AvgIpc) is 2.24. The van der Waals surface area contributed by atoms with Crippen LogP contribution in [0.4, 0.5) is 5.69 Å². The van der Waals surface area contributed by atoms with Crippen LogP contribution in [0.25, 0.3) is 0 Å². The van der Waals surface area contributed by atoms with Crippen molar-refractivity contribution in [3.8, 4) is 5.75 Å². The third kappa shape index (κ3) is 3.93. The summed E-state index contributed by atoms with van der Waals surface area (Å²) in [6.07, 6.45) is 1.41. The summed E-state index contributed by atoms with van der Waals surface area (Å²) in [6, 6.07) is 5.19. The molecule has 0 radical (unpaired) electrons. The molecule has 0 unspecified atom stereocenters. The summed E-state index contributed by atoms with van der Waals surface area (Å²) in [6.45, 7) is 5.09. The van der Waals surface area contributed by atoms with Gasteiger partial charge in [-0.25, -0.2) is 8.99 Å². The largest absolute Gasteiger partial charge is 0.495 e. The first-order chi connectivity index (χ1) is 7.84. The minimum Gasteiger partial charge on any atom is -0.495 e. The zero-order valence-corrected chi connectivity index (χ0v) is 11.6. The van der Waals surface area contributed by atoms with Crippen LogP contribution in [0.15, 0.2) is 23.1 Å². The first-order valence-electron chi connectivity index (χ1n) is 5.50. The third-order valence-corrected chi connectivity index (χ3v) is 3.48. The molecular formula is C12H20N2O2S. The van der Waals surface area contributed by atoms with Gasteiger partial charge in [0.1, 0.15) is 5.75 Å². The molecule has 1 rings (SSSR count). The molecule has 2 N–H and O–H groups in total. The van der Waals surface area contributed by atoms with Gasteiger partial charge >= 0.3 is 0 Å². The molecule has 96 valence electrons. The lowest BCUT2D eigenvalue weighted by atomic mass is 10.2. The van der Waals surface area contributed by atoms with Crippen molar-refractivity contribution in [1.29, 1.82) is 4.78 Å². The Kier molecular flexibility index (Phi) is 4.40. The van der Waals surface area contributed by atoms with Gasteiger partial charge in [-0.1, -0.05) is 13.8 Å². The Morgan fingerprint density at radius 2 is 2.12 bits per heavy atom. The summed E-state index contributed by atoms with van der Waals surface area (Å²) in [5.41, 5.74) is 0.869. The van der Waals surface area contributed by atoms with Crippen molar-refractivity contribution in [1.82, 2.24) is 0 Å². The predicted octanol–water partition coefficient (Wildman–Crippen LogP) is 2.80. The summed E-state index contributed by atoms with van der Waals surface area (Å²) >= 11 is 0. The van der Waals surface area contributed by atoms with Crippen molar-refractivity contribution in [3.05, 3.63) is 18.2 Å². The summed E-state index contributed by atoms with van der Waals surface area (Å²) in [5, 5.41) is 3.26. The number of rotatable bonds is 5. The van der Waals surface area contributed by atoms with Crippen LogP contribution in [0.3, 0.4) is 0 Å². The molecule has 0 fully saturated rings. The normalized spacial score (nSPS) is 14.4. The van der Waals surface area contributed by atoms with Gasteiger partial charge in [0.2, 0.25) is 0 Å². The fourth-order valence-corrected chi connectivity index (χ4v) is 2.03. The molecule has 4 nitrogen and oxygen atoms in total. The average molecular weight is 256 g/mol. The van der Waals surface area contributed by atoms with Crippen LogP contribution in [0, 0.1) is 10.7 Å². The van der Waals surface area contributed by atoms with E-state index in [2.05, 4.69) is 19.2 Å². The molecule has 17 heavy (non-hydrogen) atoms. The molecule has 5 heteroatoms. The van der Waals surface area contributed by atoms with Crippen LogP contribution < -0.4 is 10.1 Å². The van der Waals surface area contributed by atoms with Gasteiger partial charge < -0.3 is 10.1 Å². The second kappa shape index (κ2) is 5.40. The second-order valence-corrected chi connectivity index (χ2v) is 6.64. The fraction of sp³-hybridized carbons (Fsp3) is 0.500. The SMILES string of the molecule is COc1cc([S@](C)(=N)=O)ccc1NCC(C)C. The highest BCUT2D eigenvalue weighted by Gasteiger charge is 2.09. The molecule has 0 aliphatic carbocycles. The topological polar surface area (TPSA) is 62.2 Å². The standard InChI is InChI=1S/C12H20N2O2S/c1-9(2)8-14-11-6-5-10(17(4,13)15)7-12(11)16-3/h5-7,9,13-14H,8H2,1-4H3/t17-/m1/s1. The number of hydrogen-bond acceptors (Lipinski definition) is 4. The highest BCUT2D eigenvalue weighted by molar-refractivity contribution is 7.91. The number of hydrogen-bond donors (Lipinski definition) is 2. The highest BCUT2D eigenvalue weighted by atomic mass is 32.2. The molecule has 0 spiro atoms. The van der Waals surface area contributed by atoms with Crippen LogP contribution in [-0.4, -0.2) is 24.1 Å². The molecule has 0 heterocycles. The third-order valence-electron chi connectivity index (χ3n) is 2.32. The Bertz CT molecular complexity index is 481. The maximum Gasteiger partial charge on any atom is 0.143 e. The lowest BCUT2D eigenvalue weighted by Crippen LogP contribution is -2.09. The molecule has 1 aromatic carbocycles. The van der Waals surface area contributed by atoms with Gasteiger partial charge in [-0.3, -0.25) is 0 Å². The van der Waals surface area contributed by atoms with Crippen molar-refractivity contribution >= 4 is 15.4 Å². The maximum absolute atomic E-state index is 11.6.